The number of carboxylic acids is 1. The number of carboxylic acid groups (broad SMARTS) is 1. The predicted molar refractivity (Wildman–Crippen MR) is 42.5 cm³/mol. The number of carbonyl (C=O) groups is 2. The summed E-state index contributed by atoms with van der Waals surface area (Å²) in [6, 6.07) is 0. The molecule has 0 bridgehead atoms. The fourth-order valence-corrected chi connectivity index (χ4v) is 0.462. The summed E-state index contributed by atoms with van der Waals surface area (Å²) in [5.74, 6) is -1.53. The molecule has 4 nitrogen and oxygen atoms in total. The number of esters is 1. The second kappa shape index (κ2) is 6.15. The van der Waals surface area contributed by atoms with Crippen molar-refractivity contribution < 1.29 is 19.4 Å². The van der Waals surface area contributed by atoms with E-state index >= 15 is 0 Å². The molecule has 0 amide bonds. The molecule has 0 aliphatic rings. The lowest BCUT2D eigenvalue weighted by molar-refractivity contribution is -0.137. The number of hydrogen-bond donors (Lipinski definition) is 1. The number of allylic oxidation sites excluding steroid dienone is 2. The summed E-state index contributed by atoms with van der Waals surface area (Å²) in [7, 11) is 0. The van der Waals surface area contributed by atoms with Crippen molar-refractivity contribution in [2.75, 3.05) is 6.61 Å². The molecular formula is C8H10O4. The fraction of sp³-hybridized carbons (Fsp3) is 0.250. The Balaban J connectivity index is 3.75. The van der Waals surface area contributed by atoms with Crippen LogP contribution in [0, 0.1) is 0 Å². The van der Waals surface area contributed by atoms with Crippen LogP contribution in [0.3, 0.4) is 0 Å². The third-order valence-corrected chi connectivity index (χ3v) is 0.869. The van der Waals surface area contributed by atoms with E-state index in [9.17, 15) is 9.59 Å². The van der Waals surface area contributed by atoms with E-state index < -0.39 is 11.9 Å². The van der Waals surface area contributed by atoms with Gasteiger partial charge in [0.1, 0.15) is 0 Å². The topological polar surface area (TPSA) is 63.6 Å². The average Bonchev–Trinajstić information content (AvgIpc) is 1.98. The summed E-state index contributed by atoms with van der Waals surface area (Å²) >= 11 is 0. The normalized spacial score (nSPS) is 10.8. The third-order valence-electron chi connectivity index (χ3n) is 0.869. The Hall–Kier alpha value is -1.58. The van der Waals surface area contributed by atoms with Gasteiger partial charge in [-0.2, -0.15) is 0 Å². The van der Waals surface area contributed by atoms with Crippen molar-refractivity contribution in [1.29, 1.82) is 0 Å². The number of rotatable bonds is 4. The zero-order chi connectivity index (χ0) is 9.40. The van der Waals surface area contributed by atoms with Gasteiger partial charge in [0, 0.05) is 12.2 Å². The van der Waals surface area contributed by atoms with Crippen molar-refractivity contribution in [3.05, 3.63) is 24.3 Å². The van der Waals surface area contributed by atoms with Crippen LogP contribution in [0.5, 0.6) is 0 Å². The van der Waals surface area contributed by atoms with Crippen molar-refractivity contribution in [2.24, 2.45) is 0 Å². The van der Waals surface area contributed by atoms with Gasteiger partial charge >= 0.3 is 11.9 Å². The van der Waals surface area contributed by atoms with Crippen molar-refractivity contribution >= 4 is 11.9 Å². The summed E-state index contributed by atoms with van der Waals surface area (Å²) in [5.41, 5.74) is 0. The van der Waals surface area contributed by atoms with Gasteiger partial charge < -0.3 is 9.84 Å². The van der Waals surface area contributed by atoms with Gasteiger partial charge in [-0.3, -0.25) is 0 Å². The standard InChI is InChI=1S/C8H10O4/c1-2-12-8(11)6-4-3-5-7(9)10/h3-6H,2H2,1H3,(H,9,10)/b5-3-,6-4-. The first-order chi connectivity index (χ1) is 5.66. The highest BCUT2D eigenvalue weighted by atomic mass is 16.5. The molecular weight excluding hydrogens is 160 g/mol. The molecule has 0 spiro atoms. The third kappa shape index (κ3) is 6.54. The molecule has 1 N–H and O–H groups in total. The maximum absolute atomic E-state index is 10.6. The van der Waals surface area contributed by atoms with Gasteiger partial charge in [-0.1, -0.05) is 12.2 Å². The molecule has 0 aromatic carbocycles. The molecule has 0 aliphatic carbocycles. The van der Waals surface area contributed by atoms with Gasteiger partial charge in [-0.15, -0.1) is 0 Å². The molecule has 4 heteroatoms. The molecule has 0 aliphatic heterocycles. The van der Waals surface area contributed by atoms with Crippen molar-refractivity contribution in [3.8, 4) is 0 Å². The van der Waals surface area contributed by atoms with Gasteiger partial charge in [0.15, 0.2) is 0 Å². The molecule has 0 aromatic heterocycles. The number of ether oxygens (including phenoxy) is 1. The first-order valence-electron chi connectivity index (χ1n) is 3.41. The zero-order valence-corrected chi connectivity index (χ0v) is 6.69. The molecule has 66 valence electrons. The first kappa shape index (κ1) is 10.4. The van der Waals surface area contributed by atoms with Crippen molar-refractivity contribution in [2.45, 2.75) is 6.92 Å². The largest absolute Gasteiger partial charge is 0.478 e. The highest BCUT2D eigenvalue weighted by Gasteiger charge is 1.90. The summed E-state index contributed by atoms with van der Waals surface area (Å²) < 4.78 is 4.54. The second-order valence-corrected chi connectivity index (χ2v) is 1.81. The van der Waals surface area contributed by atoms with Crippen LogP contribution in [0.25, 0.3) is 0 Å². The molecule has 0 radical (unpaired) electrons. The van der Waals surface area contributed by atoms with Gasteiger partial charge in [0.05, 0.1) is 6.61 Å². The smallest absolute Gasteiger partial charge is 0.330 e. The average molecular weight is 170 g/mol. The predicted octanol–water partition coefficient (Wildman–Crippen LogP) is 0.746. The molecule has 12 heavy (non-hydrogen) atoms. The van der Waals surface area contributed by atoms with E-state index in [1.807, 2.05) is 0 Å². The van der Waals surface area contributed by atoms with E-state index in [4.69, 9.17) is 5.11 Å². The Morgan fingerprint density at radius 2 is 1.92 bits per heavy atom. The summed E-state index contributed by atoms with van der Waals surface area (Å²) in [6.07, 6.45) is 4.64. The molecule has 0 fully saturated rings. The maximum Gasteiger partial charge on any atom is 0.330 e. The number of aliphatic carboxylic acids is 1. The Morgan fingerprint density at radius 3 is 2.42 bits per heavy atom. The van der Waals surface area contributed by atoms with Crippen LogP contribution in [0.2, 0.25) is 0 Å². The van der Waals surface area contributed by atoms with Crippen LogP contribution < -0.4 is 0 Å². The first-order valence-corrected chi connectivity index (χ1v) is 3.41. The maximum atomic E-state index is 10.6. The van der Waals surface area contributed by atoms with E-state index in [0.717, 1.165) is 12.2 Å². The minimum atomic E-state index is -1.05. The monoisotopic (exact) mass is 170 g/mol. The quantitative estimate of drug-likeness (QED) is 0.384. The van der Waals surface area contributed by atoms with Crippen LogP contribution >= 0.6 is 0 Å². The van der Waals surface area contributed by atoms with Crippen molar-refractivity contribution in [3.63, 3.8) is 0 Å². The SMILES string of the molecule is CCOC(=O)/C=C\C=C/C(=O)O. The minimum Gasteiger partial charge on any atom is -0.478 e. The van der Waals surface area contributed by atoms with Crippen LogP contribution in [-0.2, 0) is 14.3 Å². The van der Waals surface area contributed by atoms with E-state index in [-0.39, 0.29) is 0 Å². The Morgan fingerprint density at radius 1 is 1.33 bits per heavy atom. The van der Waals surface area contributed by atoms with E-state index in [0.29, 0.717) is 6.61 Å². The van der Waals surface area contributed by atoms with E-state index in [1.165, 1.54) is 12.2 Å². The Kier molecular flexibility index (Phi) is 5.34. The fourth-order valence-electron chi connectivity index (χ4n) is 0.462. The van der Waals surface area contributed by atoms with Gasteiger partial charge in [-0.05, 0) is 6.92 Å². The molecule has 0 saturated carbocycles. The van der Waals surface area contributed by atoms with Gasteiger partial charge in [0.25, 0.3) is 0 Å². The lowest BCUT2D eigenvalue weighted by Gasteiger charge is -1.92. The Labute approximate surface area is 70.1 Å². The summed E-state index contributed by atoms with van der Waals surface area (Å²) in [5, 5.41) is 8.15. The molecule has 0 aromatic rings. The molecule has 0 saturated heterocycles. The molecule has 0 heterocycles. The van der Waals surface area contributed by atoms with Crippen molar-refractivity contribution in [1.82, 2.24) is 0 Å². The summed E-state index contributed by atoms with van der Waals surface area (Å²) in [6.45, 7) is 2.00. The van der Waals surface area contributed by atoms with Crippen LogP contribution in [0.15, 0.2) is 24.3 Å². The molecule has 0 unspecified atom stereocenters. The molecule has 0 atom stereocenters. The Bertz CT molecular complexity index is 215. The van der Waals surface area contributed by atoms with Crippen LogP contribution in [0.1, 0.15) is 6.92 Å². The van der Waals surface area contributed by atoms with E-state index in [2.05, 4.69) is 4.74 Å². The lowest BCUT2D eigenvalue weighted by atomic mass is 10.4. The van der Waals surface area contributed by atoms with Gasteiger partial charge in [-0.25, -0.2) is 9.59 Å². The lowest BCUT2D eigenvalue weighted by Crippen LogP contribution is -1.98. The number of carbonyl (C=O) groups excluding carboxylic acids is 1. The van der Waals surface area contributed by atoms with Crippen LogP contribution in [0.4, 0.5) is 0 Å². The van der Waals surface area contributed by atoms with E-state index in [1.54, 1.807) is 6.92 Å². The van der Waals surface area contributed by atoms with Crippen LogP contribution in [-0.4, -0.2) is 23.7 Å². The molecule has 0 rings (SSSR count). The highest BCUT2D eigenvalue weighted by Crippen LogP contribution is 1.82. The van der Waals surface area contributed by atoms with Gasteiger partial charge in [0.2, 0.25) is 0 Å². The highest BCUT2D eigenvalue weighted by molar-refractivity contribution is 5.83. The minimum absolute atomic E-state index is 0.311. The zero-order valence-electron chi connectivity index (χ0n) is 6.69. The second-order valence-electron chi connectivity index (χ2n) is 1.81. The summed E-state index contributed by atoms with van der Waals surface area (Å²) in [4.78, 5) is 20.5. The number of hydrogen-bond acceptors (Lipinski definition) is 3.